The van der Waals surface area contributed by atoms with E-state index in [0.29, 0.717) is 6.61 Å². The minimum atomic E-state index is -0.479. The van der Waals surface area contributed by atoms with Gasteiger partial charge in [-0.05, 0) is 40.5 Å². The van der Waals surface area contributed by atoms with Crippen molar-refractivity contribution in [3.05, 3.63) is 0 Å². The Morgan fingerprint density at radius 2 is 1.88 bits per heavy atom. The molecule has 98 valence electrons. The molecule has 17 heavy (non-hydrogen) atoms. The van der Waals surface area contributed by atoms with Crippen LogP contribution in [0.4, 0.5) is 0 Å². The van der Waals surface area contributed by atoms with Gasteiger partial charge in [-0.1, -0.05) is 0 Å². The maximum absolute atomic E-state index is 11.6. The molecule has 0 heterocycles. The van der Waals surface area contributed by atoms with E-state index in [9.17, 15) is 9.59 Å². The summed E-state index contributed by atoms with van der Waals surface area (Å²) in [6, 6.07) is 0. The molecule has 5 heteroatoms. The third-order valence-corrected chi connectivity index (χ3v) is 3.75. The summed E-state index contributed by atoms with van der Waals surface area (Å²) in [6.07, 6.45) is 1.58. The summed E-state index contributed by atoms with van der Waals surface area (Å²) < 4.78 is 9.70. The molecule has 0 N–H and O–H groups in total. The fourth-order valence-corrected chi connectivity index (χ4v) is 2.37. The first kappa shape index (κ1) is 14.4. The van der Waals surface area contributed by atoms with Crippen molar-refractivity contribution in [3.8, 4) is 0 Å². The van der Waals surface area contributed by atoms with Crippen molar-refractivity contribution in [2.75, 3.05) is 12.4 Å². The van der Waals surface area contributed by atoms with E-state index in [2.05, 4.69) is 0 Å². The molecule has 1 rings (SSSR count). The van der Waals surface area contributed by atoms with Crippen LogP contribution in [-0.4, -0.2) is 34.6 Å². The van der Waals surface area contributed by atoms with Crippen LogP contribution in [-0.2, 0) is 19.1 Å². The fraction of sp³-hybridized carbons (Fsp3) is 0.833. The highest BCUT2D eigenvalue weighted by Crippen LogP contribution is 2.49. The zero-order valence-corrected chi connectivity index (χ0v) is 11.7. The normalized spacial score (nSPS) is 17.4. The van der Waals surface area contributed by atoms with Gasteiger partial charge in [-0.3, -0.25) is 9.59 Å². The molecule has 0 unspecified atom stereocenters. The molecule has 1 saturated carbocycles. The van der Waals surface area contributed by atoms with Gasteiger partial charge in [-0.25, -0.2) is 0 Å². The van der Waals surface area contributed by atoms with Gasteiger partial charge in [0.1, 0.15) is 10.3 Å². The number of esters is 2. The Balaban J connectivity index is 2.36. The van der Waals surface area contributed by atoms with Crippen LogP contribution in [0, 0.1) is 0 Å². The molecular weight excluding hydrogens is 240 g/mol. The van der Waals surface area contributed by atoms with Gasteiger partial charge in [0.15, 0.2) is 0 Å². The van der Waals surface area contributed by atoms with E-state index in [1.165, 1.54) is 11.8 Å². The minimum absolute atomic E-state index is 0.200. The summed E-state index contributed by atoms with van der Waals surface area (Å²) in [4.78, 5) is 23.1. The quantitative estimate of drug-likeness (QED) is 0.709. The summed E-state index contributed by atoms with van der Waals surface area (Å²) >= 11 is 1.34. The lowest BCUT2D eigenvalue weighted by atomic mass is 10.2. The van der Waals surface area contributed by atoms with Gasteiger partial charge < -0.3 is 9.47 Å². The molecule has 0 aromatic carbocycles. The molecule has 0 spiro atoms. The van der Waals surface area contributed by atoms with Crippen LogP contribution in [0.15, 0.2) is 0 Å². The molecule has 4 nitrogen and oxygen atoms in total. The highest BCUT2D eigenvalue weighted by molar-refractivity contribution is 8.02. The Morgan fingerprint density at radius 1 is 1.29 bits per heavy atom. The average molecular weight is 260 g/mol. The van der Waals surface area contributed by atoms with Crippen LogP contribution in [0.5, 0.6) is 0 Å². The summed E-state index contributed by atoms with van der Waals surface area (Å²) in [5.74, 6) is -0.276. The Labute approximate surface area is 106 Å². The molecule has 0 atom stereocenters. The van der Waals surface area contributed by atoms with Gasteiger partial charge in [0.2, 0.25) is 0 Å². The fourth-order valence-electron chi connectivity index (χ4n) is 1.35. The molecule has 0 bridgehead atoms. The van der Waals surface area contributed by atoms with Crippen molar-refractivity contribution >= 4 is 23.7 Å². The molecule has 1 aliphatic rings. The van der Waals surface area contributed by atoms with E-state index >= 15 is 0 Å². The number of carbonyl (C=O) groups excluding carboxylic acids is 2. The van der Waals surface area contributed by atoms with Crippen LogP contribution in [0.25, 0.3) is 0 Å². The lowest BCUT2D eigenvalue weighted by Crippen LogP contribution is -2.28. The van der Waals surface area contributed by atoms with Gasteiger partial charge >= 0.3 is 11.9 Å². The molecule has 0 aromatic rings. The van der Waals surface area contributed by atoms with Gasteiger partial charge in [0.25, 0.3) is 0 Å². The van der Waals surface area contributed by atoms with Crippen molar-refractivity contribution in [2.24, 2.45) is 0 Å². The van der Waals surface area contributed by atoms with E-state index in [1.807, 2.05) is 20.8 Å². The Kier molecular flexibility index (Phi) is 4.47. The maximum atomic E-state index is 11.6. The molecule has 0 aromatic heterocycles. The Morgan fingerprint density at radius 3 is 2.29 bits per heavy atom. The first-order valence-electron chi connectivity index (χ1n) is 5.82. The van der Waals surface area contributed by atoms with Gasteiger partial charge in [0.05, 0.1) is 12.4 Å². The van der Waals surface area contributed by atoms with Crippen LogP contribution < -0.4 is 0 Å². The second-order valence-electron chi connectivity index (χ2n) is 5.09. The molecule has 1 fully saturated rings. The van der Waals surface area contributed by atoms with Crippen molar-refractivity contribution in [2.45, 2.75) is 50.9 Å². The zero-order valence-electron chi connectivity index (χ0n) is 10.9. The molecule has 1 aliphatic carbocycles. The van der Waals surface area contributed by atoms with Crippen LogP contribution in [0.3, 0.4) is 0 Å². The van der Waals surface area contributed by atoms with Gasteiger partial charge in [-0.15, -0.1) is 11.8 Å². The van der Waals surface area contributed by atoms with E-state index in [4.69, 9.17) is 9.47 Å². The standard InChI is InChI=1S/C12H20O4S/c1-5-15-10(14)12(6-7-12)17-8-9(13)16-11(2,3)4/h5-8H2,1-4H3. The van der Waals surface area contributed by atoms with Gasteiger partial charge in [0, 0.05) is 0 Å². The maximum Gasteiger partial charge on any atom is 0.322 e. The second-order valence-corrected chi connectivity index (χ2v) is 6.45. The summed E-state index contributed by atoms with van der Waals surface area (Å²) in [5, 5.41) is 0. The highest BCUT2D eigenvalue weighted by atomic mass is 32.2. The smallest absolute Gasteiger partial charge is 0.322 e. The van der Waals surface area contributed by atoms with Crippen LogP contribution in [0.1, 0.15) is 40.5 Å². The van der Waals surface area contributed by atoms with E-state index in [0.717, 1.165) is 12.8 Å². The third-order valence-electron chi connectivity index (χ3n) is 2.24. The third kappa shape index (κ3) is 4.58. The van der Waals surface area contributed by atoms with Crippen molar-refractivity contribution in [3.63, 3.8) is 0 Å². The minimum Gasteiger partial charge on any atom is -0.465 e. The second kappa shape index (κ2) is 5.29. The summed E-state index contributed by atoms with van der Waals surface area (Å²) in [6.45, 7) is 7.65. The molecule has 0 radical (unpaired) electrons. The van der Waals surface area contributed by atoms with Crippen LogP contribution in [0.2, 0.25) is 0 Å². The van der Waals surface area contributed by atoms with Crippen molar-refractivity contribution in [1.29, 1.82) is 0 Å². The lowest BCUT2D eigenvalue weighted by Gasteiger charge is -2.20. The Hall–Kier alpha value is -0.710. The summed E-state index contributed by atoms with van der Waals surface area (Å²) in [7, 11) is 0. The van der Waals surface area contributed by atoms with Crippen molar-refractivity contribution < 1.29 is 19.1 Å². The number of rotatable bonds is 5. The number of carbonyl (C=O) groups is 2. The monoisotopic (exact) mass is 260 g/mol. The predicted molar refractivity (Wildman–Crippen MR) is 66.9 cm³/mol. The lowest BCUT2D eigenvalue weighted by molar-refractivity contribution is -0.151. The number of hydrogen-bond donors (Lipinski definition) is 0. The van der Waals surface area contributed by atoms with E-state index < -0.39 is 10.3 Å². The van der Waals surface area contributed by atoms with Crippen LogP contribution >= 0.6 is 11.8 Å². The zero-order chi connectivity index (χ0) is 13.1. The number of hydrogen-bond acceptors (Lipinski definition) is 5. The van der Waals surface area contributed by atoms with E-state index in [1.54, 1.807) is 6.92 Å². The summed E-state index contributed by atoms with van der Waals surface area (Å²) in [5.41, 5.74) is -0.474. The highest BCUT2D eigenvalue weighted by Gasteiger charge is 2.52. The molecule has 0 amide bonds. The average Bonchev–Trinajstić information content (AvgIpc) is 2.93. The predicted octanol–water partition coefficient (Wildman–Crippen LogP) is 2.16. The number of ether oxygens (including phenoxy) is 2. The number of thioether (sulfide) groups is 1. The van der Waals surface area contributed by atoms with Crippen molar-refractivity contribution in [1.82, 2.24) is 0 Å². The SMILES string of the molecule is CCOC(=O)C1(SCC(=O)OC(C)(C)C)CC1. The van der Waals surface area contributed by atoms with E-state index in [-0.39, 0.29) is 17.7 Å². The molecule has 0 saturated heterocycles. The van der Waals surface area contributed by atoms with Gasteiger partial charge in [-0.2, -0.15) is 0 Å². The molecular formula is C12H20O4S. The first-order chi connectivity index (χ1) is 7.79. The molecule has 0 aliphatic heterocycles. The first-order valence-corrected chi connectivity index (χ1v) is 6.81. The Bertz CT molecular complexity index is 302. The largest absolute Gasteiger partial charge is 0.465 e. The topological polar surface area (TPSA) is 52.6 Å².